The Balaban J connectivity index is 2.04. The van der Waals surface area contributed by atoms with Crippen LogP contribution in [0.3, 0.4) is 0 Å². The van der Waals surface area contributed by atoms with E-state index in [0.717, 1.165) is 11.1 Å². The van der Waals surface area contributed by atoms with Crippen LogP contribution in [-0.2, 0) is 27.4 Å². The Bertz CT molecular complexity index is 728. The van der Waals surface area contributed by atoms with E-state index in [1.165, 1.54) is 7.11 Å². The molecular weight excluding hydrogens is 330 g/mol. The van der Waals surface area contributed by atoms with Crippen molar-refractivity contribution in [1.29, 1.82) is 0 Å². The van der Waals surface area contributed by atoms with Crippen LogP contribution < -0.4 is 10.1 Å². The maximum absolute atomic E-state index is 12.0. The second-order valence-corrected chi connectivity index (χ2v) is 6.36. The smallest absolute Gasteiger partial charge is 0.328 e. The summed E-state index contributed by atoms with van der Waals surface area (Å²) in [6.07, 6.45) is 0.341. The molecule has 0 aliphatic heterocycles. The summed E-state index contributed by atoms with van der Waals surface area (Å²) in [5.74, 6) is -0.139. The van der Waals surface area contributed by atoms with Gasteiger partial charge in [-0.05, 0) is 23.3 Å². The predicted octanol–water partition coefficient (Wildman–Crippen LogP) is 3.12. The zero-order valence-electron chi connectivity index (χ0n) is 15.4. The highest BCUT2D eigenvalue weighted by atomic mass is 16.5. The van der Waals surface area contributed by atoms with E-state index in [4.69, 9.17) is 9.47 Å². The number of carbonyl (C=O) groups excluding carboxylic acids is 2. The molecule has 0 heterocycles. The van der Waals surface area contributed by atoms with E-state index in [1.54, 1.807) is 13.8 Å². The molecule has 0 saturated heterocycles. The van der Waals surface area contributed by atoms with E-state index in [2.05, 4.69) is 5.32 Å². The van der Waals surface area contributed by atoms with Gasteiger partial charge in [0, 0.05) is 12.3 Å². The van der Waals surface area contributed by atoms with Crippen LogP contribution in [0.1, 0.15) is 25.0 Å². The Morgan fingerprint density at radius 2 is 1.69 bits per heavy atom. The van der Waals surface area contributed by atoms with Gasteiger partial charge in [-0.25, -0.2) is 4.79 Å². The summed E-state index contributed by atoms with van der Waals surface area (Å²) in [7, 11) is 1.32. The van der Waals surface area contributed by atoms with E-state index in [1.807, 2.05) is 54.6 Å². The Morgan fingerprint density at radius 3 is 2.35 bits per heavy atom. The summed E-state index contributed by atoms with van der Waals surface area (Å²) < 4.78 is 10.6. The molecule has 0 bridgehead atoms. The van der Waals surface area contributed by atoms with Crippen molar-refractivity contribution in [3.63, 3.8) is 0 Å². The molecule has 0 saturated carbocycles. The van der Waals surface area contributed by atoms with Gasteiger partial charge in [-0.2, -0.15) is 0 Å². The molecule has 0 fully saturated rings. The lowest BCUT2D eigenvalue weighted by Gasteiger charge is -2.18. The second-order valence-electron chi connectivity index (χ2n) is 6.36. The van der Waals surface area contributed by atoms with E-state index in [-0.39, 0.29) is 11.8 Å². The van der Waals surface area contributed by atoms with Gasteiger partial charge in [-0.15, -0.1) is 0 Å². The van der Waals surface area contributed by atoms with Gasteiger partial charge < -0.3 is 14.8 Å². The van der Waals surface area contributed by atoms with Crippen molar-refractivity contribution >= 4 is 11.9 Å². The summed E-state index contributed by atoms with van der Waals surface area (Å²) in [6, 6.07) is 16.7. The van der Waals surface area contributed by atoms with Crippen molar-refractivity contribution in [2.24, 2.45) is 5.92 Å². The topological polar surface area (TPSA) is 64.6 Å². The first-order valence-corrected chi connectivity index (χ1v) is 8.63. The highest BCUT2D eigenvalue weighted by Crippen LogP contribution is 2.17. The first kappa shape index (κ1) is 19.5. The molecule has 2 rings (SSSR count). The predicted molar refractivity (Wildman–Crippen MR) is 99.7 cm³/mol. The average Bonchev–Trinajstić information content (AvgIpc) is 2.66. The van der Waals surface area contributed by atoms with Crippen molar-refractivity contribution < 1.29 is 19.1 Å². The number of amides is 1. The zero-order chi connectivity index (χ0) is 18.9. The Kier molecular flexibility index (Phi) is 7.21. The lowest BCUT2D eigenvalue weighted by molar-refractivity contribution is -0.145. The second kappa shape index (κ2) is 9.61. The van der Waals surface area contributed by atoms with Crippen LogP contribution in [0.4, 0.5) is 0 Å². The number of rotatable bonds is 8. The van der Waals surface area contributed by atoms with E-state index in [9.17, 15) is 9.59 Å². The first-order valence-electron chi connectivity index (χ1n) is 8.63. The van der Waals surface area contributed by atoms with Crippen molar-refractivity contribution in [3.8, 4) is 5.75 Å². The van der Waals surface area contributed by atoms with Crippen LogP contribution >= 0.6 is 0 Å². The molecule has 0 aliphatic carbocycles. The molecule has 0 radical (unpaired) electrons. The van der Waals surface area contributed by atoms with Gasteiger partial charge in [0.25, 0.3) is 0 Å². The highest BCUT2D eigenvalue weighted by Gasteiger charge is 2.23. The summed E-state index contributed by atoms with van der Waals surface area (Å²) in [5, 5.41) is 2.74. The summed E-state index contributed by atoms with van der Waals surface area (Å²) >= 11 is 0. The molecule has 5 heteroatoms. The van der Waals surface area contributed by atoms with Crippen molar-refractivity contribution in [2.45, 2.75) is 32.9 Å². The van der Waals surface area contributed by atoms with Gasteiger partial charge in [-0.3, -0.25) is 4.79 Å². The van der Waals surface area contributed by atoms with Gasteiger partial charge in [0.15, 0.2) is 0 Å². The number of benzene rings is 2. The number of nitrogens with one attached hydrogen (secondary N) is 1. The molecule has 2 aromatic rings. The van der Waals surface area contributed by atoms with Gasteiger partial charge >= 0.3 is 5.97 Å². The number of esters is 1. The zero-order valence-corrected chi connectivity index (χ0v) is 15.4. The molecule has 2 aromatic carbocycles. The first-order chi connectivity index (χ1) is 12.5. The van der Waals surface area contributed by atoms with Crippen LogP contribution in [-0.4, -0.2) is 25.0 Å². The van der Waals surface area contributed by atoms with Crippen molar-refractivity contribution in [2.75, 3.05) is 7.11 Å². The molecule has 0 spiro atoms. The molecular formula is C21H25NO4. The molecule has 1 atom stereocenters. The average molecular weight is 355 g/mol. The molecule has 1 N–H and O–H groups in total. The van der Waals surface area contributed by atoms with Crippen LogP contribution in [0.15, 0.2) is 54.6 Å². The number of hydrogen-bond acceptors (Lipinski definition) is 4. The van der Waals surface area contributed by atoms with E-state index >= 15 is 0 Å². The fourth-order valence-corrected chi connectivity index (χ4v) is 2.41. The van der Waals surface area contributed by atoms with E-state index in [0.29, 0.717) is 18.8 Å². The van der Waals surface area contributed by atoms with Gasteiger partial charge in [0.1, 0.15) is 18.4 Å². The Morgan fingerprint density at radius 1 is 1.00 bits per heavy atom. The largest absolute Gasteiger partial charge is 0.489 e. The molecule has 5 nitrogen and oxygen atoms in total. The fraction of sp³-hybridized carbons (Fsp3) is 0.333. The summed E-state index contributed by atoms with van der Waals surface area (Å²) in [4.78, 5) is 23.9. The molecule has 26 heavy (non-hydrogen) atoms. The lowest BCUT2D eigenvalue weighted by Crippen LogP contribution is -2.44. The minimum absolute atomic E-state index is 0.183. The Hall–Kier alpha value is -2.82. The summed E-state index contributed by atoms with van der Waals surface area (Å²) in [6.45, 7) is 4.03. The normalized spacial score (nSPS) is 11.7. The standard InChI is InChI=1S/C21H25NO4/c1-15(2)20(23)22-19(21(24)25-3)13-17-10-7-11-18(12-17)26-14-16-8-5-4-6-9-16/h4-12,15,19H,13-14H2,1-3H3,(H,22,23)/t19-/m0/s1. The van der Waals surface area contributed by atoms with Gasteiger partial charge in [0.05, 0.1) is 7.11 Å². The third-order valence-electron chi connectivity index (χ3n) is 3.91. The molecule has 0 unspecified atom stereocenters. The fourth-order valence-electron chi connectivity index (χ4n) is 2.41. The number of ether oxygens (including phenoxy) is 2. The lowest BCUT2D eigenvalue weighted by atomic mass is 10.0. The van der Waals surface area contributed by atoms with E-state index < -0.39 is 12.0 Å². The third kappa shape index (κ3) is 5.92. The number of hydrogen-bond donors (Lipinski definition) is 1. The minimum atomic E-state index is -0.723. The molecule has 1 amide bonds. The van der Waals surface area contributed by atoms with Crippen molar-refractivity contribution in [3.05, 3.63) is 65.7 Å². The number of methoxy groups -OCH3 is 1. The van der Waals surface area contributed by atoms with Crippen LogP contribution in [0.25, 0.3) is 0 Å². The van der Waals surface area contributed by atoms with Crippen molar-refractivity contribution in [1.82, 2.24) is 5.32 Å². The molecule has 0 aromatic heterocycles. The monoisotopic (exact) mass is 355 g/mol. The third-order valence-corrected chi connectivity index (χ3v) is 3.91. The maximum atomic E-state index is 12.0. The molecule has 138 valence electrons. The van der Waals surface area contributed by atoms with Crippen LogP contribution in [0.2, 0.25) is 0 Å². The number of carbonyl (C=O) groups is 2. The highest BCUT2D eigenvalue weighted by molar-refractivity contribution is 5.85. The maximum Gasteiger partial charge on any atom is 0.328 e. The quantitative estimate of drug-likeness (QED) is 0.739. The summed E-state index contributed by atoms with van der Waals surface area (Å²) in [5.41, 5.74) is 1.96. The molecule has 0 aliphatic rings. The minimum Gasteiger partial charge on any atom is -0.489 e. The van der Waals surface area contributed by atoms with Gasteiger partial charge in [-0.1, -0.05) is 56.3 Å². The SMILES string of the molecule is COC(=O)[C@H](Cc1cccc(OCc2ccccc2)c1)NC(=O)C(C)C. The Labute approximate surface area is 154 Å². The van der Waals surface area contributed by atoms with Crippen LogP contribution in [0, 0.1) is 5.92 Å². The van der Waals surface area contributed by atoms with Gasteiger partial charge in [0.2, 0.25) is 5.91 Å². The van der Waals surface area contributed by atoms with Crippen LogP contribution in [0.5, 0.6) is 5.75 Å².